The van der Waals surface area contributed by atoms with E-state index in [2.05, 4.69) is 22.9 Å². The van der Waals surface area contributed by atoms with E-state index in [1.165, 1.54) is 6.07 Å². The maximum atomic E-state index is 12.6. The second-order valence-electron chi connectivity index (χ2n) is 6.61. The quantitative estimate of drug-likeness (QED) is 0.344. The van der Waals surface area contributed by atoms with E-state index < -0.39 is 0 Å². The fourth-order valence-corrected chi connectivity index (χ4v) is 3.27. The number of phenols is 1. The highest BCUT2D eigenvalue weighted by Crippen LogP contribution is 2.33. The number of rotatable bonds is 5. The molecule has 3 aromatic carbocycles. The molecule has 2 N–H and O–H groups in total. The molecule has 4 aromatic rings. The monoisotopic (exact) mass is 436 g/mol. The number of aromatic hydroxyl groups is 1. The average Bonchev–Trinajstić information content (AvgIpc) is 3.15. The summed E-state index contributed by atoms with van der Waals surface area (Å²) in [4.78, 5) is 18.1. The molecule has 0 aliphatic heterocycles. The van der Waals surface area contributed by atoms with Crippen molar-refractivity contribution in [2.24, 2.45) is 0 Å². The second-order valence-corrected chi connectivity index (χ2v) is 7.56. The summed E-state index contributed by atoms with van der Waals surface area (Å²) in [5.74, 6) is 0.237. The van der Waals surface area contributed by atoms with Crippen molar-refractivity contribution < 1.29 is 14.3 Å². The normalized spacial score (nSPS) is 10.7. The average molecular weight is 437 g/mol. The van der Waals surface area contributed by atoms with Gasteiger partial charge in [-0.05, 0) is 36.4 Å². The van der Waals surface area contributed by atoms with Gasteiger partial charge in [-0.15, -0.1) is 12.6 Å². The summed E-state index contributed by atoms with van der Waals surface area (Å²) in [6.45, 7) is 0. The maximum absolute atomic E-state index is 12.6. The van der Waals surface area contributed by atoms with Crippen molar-refractivity contribution in [1.29, 1.82) is 0 Å². The summed E-state index contributed by atoms with van der Waals surface area (Å²) in [5, 5.41) is 13.2. The van der Waals surface area contributed by atoms with Gasteiger partial charge in [-0.1, -0.05) is 48.0 Å². The highest BCUT2D eigenvalue weighted by molar-refractivity contribution is 7.80. The molecule has 7 heteroatoms. The van der Waals surface area contributed by atoms with Crippen LogP contribution in [0.1, 0.15) is 5.56 Å². The Balaban J connectivity index is 1.65. The number of phenolic OH excluding ortho intramolecular Hbond substituents is 1. The lowest BCUT2D eigenvalue weighted by Gasteiger charge is -2.06. The summed E-state index contributed by atoms with van der Waals surface area (Å²) in [6, 6.07) is 21.5. The first-order valence-electron chi connectivity index (χ1n) is 9.12. The van der Waals surface area contributed by atoms with Gasteiger partial charge < -0.3 is 9.52 Å². The first-order chi connectivity index (χ1) is 14.5. The lowest BCUT2D eigenvalue weighted by molar-refractivity contribution is -0.115. The topological polar surface area (TPSA) is 75.4 Å². The van der Waals surface area contributed by atoms with Crippen molar-refractivity contribution in [1.82, 2.24) is 4.98 Å². The molecule has 0 aliphatic carbocycles. The number of amides is 1. The lowest BCUT2D eigenvalue weighted by atomic mass is 10.1. The molecule has 0 atom stereocenters. The molecule has 1 heterocycles. The van der Waals surface area contributed by atoms with E-state index >= 15 is 0 Å². The lowest BCUT2D eigenvalue weighted by Crippen LogP contribution is -2.14. The Morgan fingerprint density at radius 1 is 1.03 bits per heavy atom. The fraction of sp³-hybridized carbons (Fsp3) is 0.0435. The Bertz CT molecular complexity index is 1190. The SMILES string of the molecule is O=C(Cc1ccc(Cl)cc1O)Nc1oc(-c2ccc(S)cc2)nc1-c1ccccc1. The first-order valence-corrected chi connectivity index (χ1v) is 9.95. The number of carbonyl (C=O) groups is 1. The third kappa shape index (κ3) is 4.50. The van der Waals surface area contributed by atoms with Crippen LogP contribution in [0.4, 0.5) is 5.88 Å². The molecule has 5 nitrogen and oxygen atoms in total. The van der Waals surface area contributed by atoms with Crippen molar-refractivity contribution in [3.8, 4) is 28.5 Å². The molecule has 0 unspecified atom stereocenters. The van der Waals surface area contributed by atoms with E-state index in [1.54, 1.807) is 12.1 Å². The van der Waals surface area contributed by atoms with Gasteiger partial charge in [0.25, 0.3) is 0 Å². The van der Waals surface area contributed by atoms with Crippen molar-refractivity contribution in [2.45, 2.75) is 11.3 Å². The zero-order chi connectivity index (χ0) is 21.1. The van der Waals surface area contributed by atoms with Gasteiger partial charge in [-0.3, -0.25) is 10.1 Å². The van der Waals surface area contributed by atoms with Crippen LogP contribution < -0.4 is 5.32 Å². The number of carbonyl (C=O) groups excluding carboxylic acids is 1. The van der Waals surface area contributed by atoms with Gasteiger partial charge in [0.15, 0.2) is 0 Å². The van der Waals surface area contributed by atoms with Crippen LogP contribution in [0.2, 0.25) is 5.02 Å². The number of oxazole rings is 1. The largest absolute Gasteiger partial charge is 0.508 e. The van der Waals surface area contributed by atoms with Crippen LogP contribution in [0.25, 0.3) is 22.7 Å². The Morgan fingerprint density at radius 2 is 1.77 bits per heavy atom. The van der Waals surface area contributed by atoms with Crippen molar-refractivity contribution in [3.05, 3.63) is 83.4 Å². The number of thiol groups is 1. The van der Waals surface area contributed by atoms with E-state index in [1.807, 2.05) is 54.6 Å². The number of nitrogens with one attached hydrogen (secondary N) is 1. The van der Waals surface area contributed by atoms with Gasteiger partial charge >= 0.3 is 0 Å². The molecule has 0 bridgehead atoms. The summed E-state index contributed by atoms with van der Waals surface area (Å²) in [5.41, 5.74) is 2.56. The van der Waals surface area contributed by atoms with E-state index in [0.717, 1.165) is 16.0 Å². The van der Waals surface area contributed by atoms with E-state index in [4.69, 9.17) is 16.0 Å². The zero-order valence-electron chi connectivity index (χ0n) is 15.7. The highest BCUT2D eigenvalue weighted by Gasteiger charge is 2.19. The van der Waals surface area contributed by atoms with Gasteiger partial charge in [0, 0.05) is 26.6 Å². The van der Waals surface area contributed by atoms with Crippen LogP contribution >= 0.6 is 24.2 Å². The smallest absolute Gasteiger partial charge is 0.231 e. The molecule has 0 fully saturated rings. The van der Waals surface area contributed by atoms with Gasteiger partial charge in [0.05, 0.1) is 6.42 Å². The Hall–Kier alpha value is -3.22. The van der Waals surface area contributed by atoms with E-state index in [-0.39, 0.29) is 24.0 Å². The molecule has 0 radical (unpaired) electrons. The summed E-state index contributed by atoms with van der Waals surface area (Å²) >= 11 is 10.2. The molecule has 0 saturated carbocycles. The minimum absolute atomic E-state index is 0.0361. The molecule has 30 heavy (non-hydrogen) atoms. The van der Waals surface area contributed by atoms with Gasteiger partial charge in [0.1, 0.15) is 11.4 Å². The van der Waals surface area contributed by atoms with Crippen molar-refractivity contribution >= 4 is 36.0 Å². The van der Waals surface area contributed by atoms with Crippen LogP contribution in [0.15, 0.2) is 82.1 Å². The molecule has 150 valence electrons. The summed E-state index contributed by atoms with van der Waals surface area (Å²) < 4.78 is 5.90. The predicted octanol–water partition coefficient (Wildman–Crippen LogP) is 5.84. The van der Waals surface area contributed by atoms with Gasteiger partial charge in [-0.25, -0.2) is 4.98 Å². The van der Waals surface area contributed by atoms with Crippen LogP contribution in [0.5, 0.6) is 5.75 Å². The fourth-order valence-electron chi connectivity index (χ4n) is 2.95. The Kier molecular flexibility index (Phi) is 5.79. The standard InChI is InChI=1S/C23H17ClN2O3S/c24-17-9-6-16(19(27)13-17)12-20(28)25-23-21(14-4-2-1-3-5-14)26-22(29-23)15-7-10-18(30)11-8-15/h1-11,13,27,30H,12H2,(H,25,28). The number of hydrogen-bond acceptors (Lipinski definition) is 5. The van der Waals surface area contributed by atoms with Crippen LogP contribution in [0, 0.1) is 0 Å². The molecule has 0 spiro atoms. The highest BCUT2D eigenvalue weighted by atomic mass is 35.5. The Morgan fingerprint density at radius 3 is 2.47 bits per heavy atom. The molecule has 0 aliphatic rings. The third-order valence-electron chi connectivity index (χ3n) is 4.44. The molecule has 0 saturated heterocycles. The minimum atomic E-state index is -0.349. The number of nitrogens with zero attached hydrogens (tertiary/aromatic N) is 1. The molecule has 4 rings (SSSR count). The molecule has 1 aromatic heterocycles. The maximum Gasteiger partial charge on any atom is 0.231 e. The number of benzene rings is 3. The third-order valence-corrected chi connectivity index (χ3v) is 4.97. The first kappa shape index (κ1) is 20.1. The molecular weight excluding hydrogens is 420 g/mol. The number of anilines is 1. The zero-order valence-corrected chi connectivity index (χ0v) is 17.3. The summed E-state index contributed by atoms with van der Waals surface area (Å²) in [6.07, 6.45) is -0.0401. The number of hydrogen-bond donors (Lipinski definition) is 3. The predicted molar refractivity (Wildman–Crippen MR) is 120 cm³/mol. The van der Waals surface area contributed by atoms with E-state index in [9.17, 15) is 9.90 Å². The number of halogens is 1. The summed E-state index contributed by atoms with van der Waals surface area (Å²) in [7, 11) is 0. The van der Waals surface area contributed by atoms with Crippen LogP contribution in [-0.2, 0) is 11.2 Å². The second kappa shape index (κ2) is 8.65. The molecular formula is C23H17ClN2O3S. The van der Waals surface area contributed by atoms with Gasteiger partial charge in [-0.2, -0.15) is 0 Å². The minimum Gasteiger partial charge on any atom is -0.508 e. The Labute approximate surface area is 183 Å². The van der Waals surface area contributed by atoms with Crippen LogP contribution in [0.3, 0.4) is 0 Å². The van der Waals surface area contributed by atoms with Gasteiger partial charge in [0.2, 0.25) is 17.7 Å². The van der Waals surface area contributed by atoms with Crippen molar-refractivity contribution in [3.63, 3.8) is 0 Å². The van der Waals surface area contributed by atoms with Crippen LogP contribution in [-0.4, -0.2) is 16.0 Å². The van der Waals surface area contributed by atoms with Crippen molar-refractivity contribution in [2.75, 3.05) is 5.32 Å². The molecule has 1 amide bonds. The van der Waals surface area contributed by atoms with E-state index in [0.29, 0.717) is 22.2 Å². The number of aromatic nitrogens is 1.